The first-order valence-electron chi connectivity index (χ1n) is 6.27. The number of hydrogen-bond acceptors (Lipinski definition) is 2. The first kappa shape index (κ1) is 14.1. The lowest BCUT2D eigenvalue weighted by Crippen LogP contribution is -2.06. The molecule has 0 saturated heterocycles. The number of halogens is 1. The van der Waals surface area contributed by atoms with Gasteiger partial charge in [0.1, 0.15) is 11.5 Å². The van der Waals surface area contributed by atoms with Crippen molar-refractivity contribution in [2.75, 3.05) is 0 Å². The molecule has 3 heteroatoms. The van der Waals surface area contributed by atoms with E-state index in [2.05, 4.69) is 28.9 Å². The lowest BCUT2D eigenvalue weighted by molar-refractivity contribution is 0.468. The molecule has 0 amide bonds. The monoisotopic (exact) mass is 319 g/mol. The minimum Gasteiger partial charge on any atom is -0.457 e. The average Bonchev–Trinajstić information content (AvgIpc) is 2.32. The Balaban J connectivity index is 2.39. The highest BCUT2D eigenvalue weighted by atomic mass is 79.9. The van der Waals surface area contributed by atoms with Gasteiger partial charge in [-0.05, 0) is 44.5 Å². The minimum atomic E-state index is -0.0612. The van der Waals surface area contributed by atoms with Crippen molar-refractivity contribution in [2.24, 2.45) is 5.73 Å². The molecule has 2 aromatic rings. The Bertz CT molecular complexity index is 593. The van der Waals surface area contributed by atoms with E-state index < -0.39 is 0 Å². The molecule has 2 N–H and O–H groups in total. The normalized spacial score (nSPS) is 12.3. The van der Waals surface area contributed by atoms with E-state index in [4.69, 9.17) is 10.5 Å². The summed E-state index contributed by atoms with van der Waals surface area (Å²) < 4.78 is 7.01. The van der Waals surface area contributed by atoms with Gasteiger partial charge in [0.15, 0.2) is 0 Å². The third-order valence-corrected chi connectivity index (χ3v) is 3.51. The maximum Gasteiger partial charge on any atom is 0.133 e. The van der Waals surface area contributed by atoms with Gasteiger partial charge in [-0.2, -0.15) is 0 Å². The molecule has 2 aromatic carbocycles. The van der Waals surface area contributed by atoms with Gasteiger partial charge in [0.25, 0.3) is 0 Å². The van der Waals surface area contributed by atoms with E-state index >= 15 is 0 Å². The number of ether oxygens (including phenoxy) is 1. The van der Waals surface area contributed by atoms with Crippen molar-refractivity contribution in [1.82, 2.24) is 0 Å². The van der Waals surface area contributed by atoms with E-state index in [9.17, 15) is 0 Å². The predicted molar refractivity (Wildman–Crippen MR) is 82.7 cm³/mol. The summed E-state index contributed by atoms with van der Waals surface area (Å²) in [5.41, 5.74) is 9.34. The Morgan fingerprint density at radius 1 is 1.05 bits per heavy atom. The largest absolute Gasteiger partial charge is 0.457 e. The zero-order chi connectivity index (χ0) is 14.0. The van der Waals surface area contributed by atoms with Crippen molar-refractivity contribution in [3.63, 3.8) is 0 Å². The summed E-state index contributed by atoms with van der Waals surface area (Å²) >= 11 is 3.47. The highest BCUT2D eigenvalue weighted by Gasteiger charge is 2.11. The van der Waals surface area contributed by atoms with Crippen LogP contribution in [0.1, 0.15) is 29.7 Å². The summed E-state index contributed by atoms with van der Waals surface area (Å²) in [4.78, 5) is 0. The van der Waals surface area contributed by atoms with Gasteiger partial charge in [0.05, 0.1) is 0 Å². The van der Waals surface area contributed by atoms with E-state index in [0.29, 0.717) is 0 Å². The maximum atomic E-state index is 6.03. The van der Waals surface area contributed by atoms with Gasteiger partial charge in [-0.1, -0.05) is 39.7 Å². The number of nitrogens with two attached hydrogens (primary N) is 1. The number of aryl methyl sites for hydroxylation is 2. The summed E-state index contributed by atoms with van der Waals surface area (Å²) in [5, 5.41) is 0. The second-order valence-corrected chi connectivity index (χ2v) is 5.76. The van der Waals surface area contributed by atoms with E-state index in [1.165, 1.54) is 5.56 Å². The standard InChI is InChI=1S/C16H18BrNO/c1-10-4-7-15(11(2)8-10)19-16-9-13(17)5-6-14(16)12(3)18/h4-9,12H,18H2,1-3H3. The van der Waals surface area contributed by atoms with E-state index in [1.807, 2.05) is 44.2 Å². The van der Waals surface area contributed by atoms with Crippen LogP contribution in [0.3, 0.4) is 0 Å². The van der Waals surface area contributed by atoms with Crippen molar-refractivity contribution < 1.29 is 4.74 Å². The third-order valence-electron chi connectivity index (χ3n) is 3.02. The molecule has 0 aromatic heterocycles. The molecular formula is C16H18BrNO. The van der Waals surface area contributed by atoms with E-state index in [-0.39, 0.29) is 6.04 Å². The van der Waals surface area contributed by atoms with Crippen LogP contribution in [0.25, 0.3) is 0 Å². The molecule has 0 heterocycles. The molecule has 0 saturated carbocycles. The van der Waals surface area contributed by atoms with Crippen molar-refractivity contribution >= 4 is 15.9 Å². The van der Waals surface area contributed by atoms with Gasteiger partial charge in [0, 0.05) is 16.1 Å². The molecule has 2 rings (SSSR count). The zero-order valence-corrected chi connectivity index (χ0v) is 13.0. The smallest absolute Gasteiger partial charge is 0.133 e. The Kier molecular flexibility index (Phi) is 4.27. The fraction of sp³-hybridized carbons (Fsp3) is 0.250. The molecule has 19 heavy (non-hydrogen) atoms. The second kappa shape index (κ2) is 5.76. The first-order chi connectivity index (χ1) is 8.97. The maximum absolute atomic E-state index is 6.03. The van der Waals surface area contributed by atoms with Gasteiger partial charge >= 0.3 is 0 Å². The average molecular weight is 320 g/mol. The van der Waals surface area contributed by atoms with Crippen molar-refractivity contribution in [3.05, 3.63) is 57.6 Å². The van der Waals surface area contributed by atoms with E-state index in [1.54, 1.807) is 0 Å². The van der Waals surface area contributed by atoms with Gasteiger partial charge in [-0.3, -0.25) is 0 Å². The molecule has 0 aliphatic carbocycles. The van der Waals surface area contributed by atoms with Crippen LogP contribution in [-0.2, 0) is 0 Å². The molecule has 100 valence electrons. The fourth-order valence-electron chi connectivity index (χ4n) is 2.01. The van der Waals surface area contributed by atoms with Gasteiger partial charge in [-0.15, -0.1) is 0 Å². The van der Waals surface area contributed by atoms with Gasteiger partial charge in [0.2, 0.25) is 0 Å². The van der Waals surface area contributed by atoms with Crippen LogP contribution in [-0.4, -0.2) is 0 Å². The van der Waals surface area contributed by atoms with Gasteiger partial charge < -0.3 is 10.5 Å². The van der Waals surface area contributed by atoms with E-state index in [0.717, 1.165) is 27.1 Å². The molecule has 1 unspecified atom stereocenters. The van der Waals surface area contributed by atoms with Crippen LogP contribution in [0, 0.1) is 13.8 Å². The molecule has 1 atom stereocenters. The summed E-state index contributed by atoms with van der Waals surface area (Å²) in [6.07, 6.45) is 0. The third kappa shape index (κ3) is 3.37. The molecule has 0 bridgehead atoms. The topological polar surface area (TPSA) is 35.2 Å². The summed E-state index contributed by atoms with van der Waals surface area (Å²) in [6.45, 7) is 6.08. The summed E-state index contributed by atoms with van der Waals surface area (Å²) in [6, 6.07) is 12.0. The van der Waals surface area contributed by atoms with Crippen LogP contribution >= 0.6 is 15.9 Å². The highest BCUT2D eigenvalue weighted by molar-refractivity contribution is 9.10. The SMILES string of the molecule is Cc1ccc(Oc2cc(Br)ccc2C(C)N)c(C)c1. The van der Waals surface area contributed by atoms with Crippen LogP contribution in [0.15, 0.2) is 40.9 Å². The predicted octanol–water partition coefficient (Wildman–Crippen LogP) is 4.88. The van der Waals surface area contributed by atoms with Crippen LogP contribution in [0.5, 0.6) is 11.5 Å². The van der Waals surface area contributed by atoms with Crippen molar-refractivity contribution in [2.45, 2.75) is 26.8 Å². The highest BCUT2D eigenvalue weighted by Crippen LogP contribution is 2.33. The second-order valence-electron chi connectivity index (χ2n) is 4.84. The molecule has 0 aliphatic heterocycles. The molecular weight excluding hydrogens is 302 g/mol. The molecule has 0 fully saturated rings. The number of benzene rings is 2. The lowest BCUT2D eigenvalue weighted by atomic mass is 10.1. The van der Waals surface area contributed by atoms with Crippen LogP contribution in [0.2, 0.25) is 0 Å². The van der Waals surface area contributed by atoms with Gasteiger partial charge in [-0.25, -0.2) is 0 Å². The zero-order valence-electron chi connectivity index (χ0n) is 11.4. The van der Waals surface area contributed by atoms with Crippen molar-refractivity contribution in [3.8, 4) is 11.5 Å². The van der Waals surface area contributed by atoms with Crippen LogP contribution in [0.4, 0.5) is 0 Å². The fourth-order valence-corrected chi connectivity index (χ4v) is 2.35. The quantitative estimate of drug-likeness (QED) is 0.875. The Morgan fingerprint density at radius 2 is 1.79 bits per heavy atom. The molecule has 0 spiro atoms. The minimum absolute atomic E-state index is 0.0612. The van der Waals surface area contributed by atoms with Crippen LogP contribution < -0.4 is 10.5 Å². The number of hydrogen-bond donors (Lipinski definition) is 1. The Labute approximate surface area is 122 Å². The van der Waals surface area contributed by atoms with Crippen molar-refractivity contribution in [1.29, 1.82) is 0 Å². The molecule has 2 nitrogen and oxygen atoms in total. The summed E-state index contributed by atoms with van der Waals surface area (Å²) in [5.74, 6) is 1.67. The first-order valence-corrected chi connectivity index (χ1v) is 7.07. The molecule has 0 radical (unpaired) electrons. The summed E-state index contributed by atoms with van der Waals surface area (Å²) in [7, 11) is 0. The Hall–Kier alpha value is -1.32. The lowest BCUT2D eigenvalue weighted by Gasteiger charge is -2.15. The number of rotatable bonds is 3. The molecule has 0 aliphatic rings. The Morgan fingerprint density at radius 3 is 2.42 bits per heavy atom.